The fourth-order valence-electron chi connectivity index (χ4n) is 1.09. The zero-order valence-corrected chi connectivity index (χ0v) is 8.23. The highest BCUT2D eigenvalue weighted by molar-refractivity contribution is 6.30. The van der Waals surface area contributed by atoms with Gasteiger partial charge in [0.25, 0.3) is 0 Å². The fraction of sp³-hybridized carbons (Fsp3) is 0.182. The molecule has 0 saturated heterocycles. The van der Waals surface area contributed by atoms with Crippen LogP contribution in [-0.2, 0) is 6.42 Å². The van der Waals surface area contributed by atoms with Gasteiger partial charge in [0.1, 0.15) is 0 Å². The predicted octanol–water partition coefficient (Wildman–Crippen LogP) is 3.44. The van der Waals surface area contributed by atoms with Crippen molar-refractivity contribution in [3.63, 3.8) is 0 Å². The van der Waals surface area contributed by atoms with Crippen LogP contribution >= 0.6 is 11.6 Å². The average molecular weight is 192 g/mol. The predicted molar refractivity (Wildman–Crippen MR) is 55.5 cm³/mol. The highest BCUT2D eigenvalue weighted by atomic mass is 35.5. The van der Waals surface area contributed by atoms with Crippen molar-refractivity contribution in [2.45, 2.75) is 13.3 Å². The maximum atomic E-state index is 8.52. The van der Waals surface area contributed by atoms with E-state index in [9.17, 15) is 0 Å². The Bertz CT molecular complexity index is 374. The van der Waals surface area contributed by atoms with Crippen molar-refractivity contribution in [1.29, 1.82) is 5.26 Å². The summed E-state index contributed by atoms with van der Waals surface area (Å²) >= 11 is 5.88. The first-order valence-corrected chi connectivity index (χ1v) is 4.33. The van der Waals surface area contributed by atoms with Crippen molar-refractivity contribution in [3.05, 3.63) is 40.9 Å². The average Bonchev–Trinajstić information content (AvgIpc) is 2.03. The molecule has 0 bridgehead atoms. The van der Waals surface area contributed by atoms with Gasteiger partial charge in [0.05, 0.1) is 12.5 Å². The van der Waals surface area contributed by atoms with Crippen LogP contribution in [0.1, 0.15) is 18.1 Å². The number of allylic oxidation sites excluding steroid dienone is 1. The molecule has 1 aromatic carbocycles. The van der Waals surface area contributed by atoms with Gasteiger partial charge in [-0.3, -0.25) is 0 Å². The Morgan fingerprint density at radius 1 is 1.54 bits per heavy atom. The van der Waals surface area contributed by atoms with Gasteiger partial charge >= 0.3 is 0 Å². The molecule has 0 fully saturated rings. The van der Waals surface area contributed by atoms with Gasteiger partial charge in [-0.05, 0) is 30.2 Å². The number of nitrogens with zero attached hydrogens (tertiary/aromatic N) is 1. The van der Waals surface area contributed by atoms with Crippen LogP contribution in [0.5, 0.6) is 0 Å². The molecule has 0 spiro atoms. The van der Waals surface area contributed by atoms with E-state index >= 15 is 0 Å². The number of halogens is 1. The maximum Gasteiger partial charge on any atom is 0.0669 e. The van der Waals surface area contributed by atoms with Gasteiger partial charge in [-0.1, -0.05) is 29.8 Å². The zero-order chi connectivity index (χ0) is 9.84. The van der Waals surface area contributed by atoms with E-state index in [1.807, 2.05) is 19.1 Å². The first-order valence-electron chi connectivity index (χ1n) is 3.96. The monoisotopic (exact) mass is 191 g/mol. The minimum absolute atomic E-state index is 0.390. The normalized spacial score (nSPS) is 9.31. The van der Waals surface area contributed by atoms with Crippen LogP contribution in [0.4, 0.5) is 0 Å². The van der Waals surface area contributed by atoms with Gasteiger partial charge in [-0.2, -0.15) is 5.26 Å². The van der Waals surface area contributed by atoms with Crippen LogP contribution in [0, 0.1) is 11.3 Å². The molecule has 2 heteroatoms. The largest absolute Gasteiger partial charge is 0.198 e. The minimum atomic E-state index is 0.390. The Morgan fingerprint density at radius 3 is 2.77 bits per heavy atom. The van der Waals surface area contributed by atoms with Gasteiger partial charge in [-0.25, -0.2) is 0 Å². The van der Waals surface area contributed by atoms with E-state index in [-0.39, 0.29) is 0 Å². The Balaban J connectivity index is 3.12. The first kappa shape index (κ1) is 9.83. The van der Waals surface area contributed by atoms with E-state index in [0.29, 0.717) is 11.4 Å². The molecule has 66 valence electrons. The van der Waals surface area contributed by atoms with E-state index in [1.54, 1.807) is 6.07 Å². The Morgan fingerprint density at radius 2 is 2.23 bits per heavy atom. The number of hydrogen-bond acceptors (Lipinski definition) is 1. The van der Waals surface area contributed by atoms with Gasteiger partial charge in [-0.15, -0.1) is 0 Å². The van der Waals surface area contributed by atoms with E-state index in [0.717, 1.165) is 16.7 Å². The lowest BCUT2D eigenvalue weighted by Crippen LogP contribution is -1.85. The molecule has 0 amide bonds. The van der Waals surface area contributed by atoms with Gasteiger partial charge in [0.2, 0.25) is 0 Å². The van der Waals surface area contributed by atoms with Crippen molar-refractivity contribution >= 4 is 17.2 Å². The van der Waals surface area contributed by atoms with E-state index < -0.39 is 0 Å². The Kier molecular flexibility index (Phi) is 3.11. The SMILES string of the molecule is C=C(C)c1cc(Cl)cc(CC#N)c1. The van der Waals surface area contributed by atoms with Crippen LogP contribution in [0.15, 0.2) is 24.8 Å². The summed E-state index contributed by atoms with van der Waals surface area (Å²) < 4.78 is 0. The number of rotatable bonds is 2. The quantitative estimate of drug-likeness (QED) is 0.703. The van der Waals surface area contributed by atoms with E-state index in [2.05, 4.69) is 12.6 Å². The third kappa shape index (κ3) is 2.61. The molecule has 0 aliphatic carbocycles. The molecule has 0 N–H and O–H groups in total. The molecule has 1 aromatic rings. The summed E-state index contributed by atoms with van der Waals surface area (Å²) in [6.45, 7) is 5.74. The van der Waals surface area contributed by atoms with Crippen LogP contribution in [0.2, 0.25) is 5.02 Å². The number of benzene rings is 1. The lowest BCUT2D eigenvalue weighted by molar-refractivity contribution is 1.26. The molecule has 1 nitrogen and oxygen atoms in total. The number of nitriles is 1. The second-order valence-corrected chi connectivity index (χ2v) is 3.40. The van der Waals surface area contributed by atoms with Gasteiger partial charge in [0, 0.05) is 5.02 Å². The van der Waals surface area contributed by atoms with Crippen molar-refractivity contribution in [3.8, 4) is 6.07 Å². The second kappa shape index (κ2) is 4.11. The van der Waals surface area contributed by atoms with E-state index in [4.69, 9.17) is 16.9 Å². The lowest BCUT2D eigenvalue weighted by atomic mass is 10.0. The van der Waals surface area contributed by atoms with Crippen LogP contribution in [0.3, 0.4) is 0 Å². The summed E-state index contributed by atoms with van der Waals surface area (Å²) in [6, 6.07) is 7.69. The molecule has 0 saturated carbocycles. The Labute approximate surface area is 83.3 Å². The molecule has 0 aliphatic rings. The topological polar surface area (TPSA) is 23.8 Å². The van der Waals surface area contributed by atoms with Crippen molar-refractivity contribution in [2.75, 3.05) is 0 Å². The highest BCUT2D eigenvalue weighted by Gasteiger charge is 1.99. The van der Waals surface area contributed by atoms with E-state index in [1.165, 1.54) is 0 Å². The lowest BCUT2D eigenvalue weighted by Gasteiger charge is -2.03. The van der Waals surface area contributed by atoms with Gasteiger partial charge < -0.3 is 0 Å². The molecule has 0 radical (unpaired) electrons. The van der Waals surface area contributed by atoms with Crippen LogP contribution in [-0.4, -0.2) is 0 Å². The molecule has 0 aromatic heterocycles. The molecule has 13 heavy (non-hydrogen) atoms. The molecule has 0 heterocycles. The number of hydrogen-bond donors (Lipinski definition) is 0. The molecule has 0 unspecified atom stereocenters. The summed E-state index contributed by atoms with van der Waals surface area (Å²) in [5.41, 5.74) is 2.90. The summed E-state index contributed by atoms with van der Waals surface area (Å²) in [5, 5.41) is 9.18. The summed E-state index contributed by atoms with van der Waals surface area (Å²) in [5.74, 6) is 0. The molecular formula is C11H10ClN. The fourth-order valence-corrected chi connectivity index (χ4v) is 1.35. The summed E-state index contributed by atoms with van der Waals surface area (Å²) in [4.78, 5) is 0. The standard InChI is InChI=1S/C11H10ClN/c1-8(2)10-5-9(3-4-13)6-11(12)7-10/h5-7H,1,3H2,2H3. The molecule has 0 atom stereocenters. The highest BCUT2D eigenvalue weighted by Crippen LogP contribution is 2.20. The summed E-state index contributed by atoms with van der Waals surface area (Å²) in [7, 11) is 0. The molecule has 1 rings (SSSR count). The first-order chi connectivity index (χ1) is 6.13. The zero-order valence-electron chi connectivity index (χ0n) is 7.47. The van der Waals surface area contributed by atoms with Crippen LogP contribution < -0.4 is 0 Å². The van der Waals surface area contributed by atoms with Crippen LogP contribution in [0.25, 0.3) is 5.57 Å². The second-order valence-electron chi connectivity index (χ2n) is 2.96. The maximum absolute atomic E-state index is 8.52. The minimum Gasteiger partial charge on any atom is -0.198 e. The molecule has 0 aliphatic heterocycles. The van der Waals surface area contributed by atoms with Crippen molar-refractivity contribution in [2.24, 2.45) is 0 Å². The summed E-state index contributed by atoms with van der Waals surface area (Å²) in [6.07, 6.45) is 0.390. The van der Waals surface area contributed by atoms with Gasteiger partial charge in [0.15, 0.2) is 0 Å². The third-order valence-corrected chi connectivity index (χ3v) is 1.95. The third-order valence-electron chi connectivity index (χ3n) is 1.73. The Hall–Kier alpha value is -1.26. The van der Waals surface area contributed by atoms with Crippen molar-refractivity contribution < 1.29 is 0 Å². The molecular weight excluding hydrogens is 182 g/mol. The smallest absolute Gasteiger partial charge is 0.0669 e. The van der Waals surface area contributed by atoms with Crippen molar-refractivity contribution in [1.82, 2.24) is 0 Å².